The average molecular weight is 486 g/mol. The van der Waals surface area contributed by atoms with Crippen molar-refractivity contribution >= 4 is 17.5 Å². The summed E-state index contributed by atoms with van der Waals surface area (Å²) in [6.07, 6.45) is 0.311. The first-order valence-electron chi connectivity index (χ1n) is 12.5. The fourth-order valence-corrected chi connectivity index (χ4v) is 5.02. The predicted molar refractivity (Wildman–Crippen MR) is 140 cm³/mol. The van der Waals surface area contributed by atoms with Crippen molar-refractivity contribution in [2.24, 2.45) is 4.99 Å². The lowest BCUT2D eigenvalue weighted by atomic mass is 9.90. The third-order valence-electron chi connectivity index (χ3n) is 6.74. The molecule has 0 saturated carbocycles. The van der Waals surface area contributed by atoms with Gasteiger partial charge in [0.2, 0.25) is 0 Å². The summed E-state index contributed by atoms with van der Waals surface area (Å²) in [5, 5.41) is 0. The molecule has 1 amide bonds. The summed E-state index contributed by atoms with van der Waals surface area (Å²) in [7, 11) is 0. The lowest BCUT2D eigenvalue weighted by Crippen LogP contribution is -2.53. The standard InChI is InChI=1S/C30H32FN3O2/c1-30(2,3)36-29(35)34-19-18-33-17-16-24-23(26(33)20-34)14-15-25(27(24)31)32-28(21-10-6-4-7-11-21)22-12-8-5-9-13-22/h4-15,26H,16-20H2,1-3H3/t26-/m1/s1. The Morgan fingerprint density at radius 3 is 2.17 bits per heavy atom. The molecule has 0 spiro atoms. The molecule has 6 heteroatoms. The second-order valence-corrected chi connectivity index (χ2v) is 10.4. The third kappa shape index (κ3) is 5.05. The van der Waals surface area contributed by atoms with Gasteiger partial charge in [-0.3, -0.25) is 4.90 Å². The summed E-state index contributed by atoms with van der Waals surface area (Å²) in [4.78, 5) is 21.6. The van der Waals surface area contributed by atoms with E-state index in [1.165, 1.54) is 0 Å². The minimum atomic E-state index is -0.549. The molecular weight excluding hydrogens is 453 g/mol. The Labute approximate surface area is 212 Å². The molecule has 2 heterocycles. The Balaban J connectivity index is 1.48. The van der Waals surface area contributed by atoms with Gasteiger partial charge in [0.15, 0.2) is 5.82 Å². The maximum atomic E-state index is 16.0. The summed E-state index contributed by atoms with van der Waals surface area (Å²) in [5.74, 6) is -0.272. The maximum Gasteiger partial charge on any atom is 0.410 e. The first-order chi connectivity index (χ1) is 17.3. The van der Waals surface area contributed by atoms with Gasteiger partial charge in [0, 0.05) is 37.3 Å². The van der Waals surface area contributed by atoms with Crippen molar-refractivity contribution in [3.63, 3.8) is 0 Å². The molecule has 3 aromatic carbocycles. The molecule has 1 saturated heterocycles. The quantitative estimate of drug-likeness (QED) is 0.418. The lowest BCUT2D eigenvalue weighted by molar-refractivity contribution is 0.00182. The first-order valence-corrected chi connectivity index (χ1v) is 12.5. The van der Waals surface area contributed by atoms with Crippen LogP contribution in [0.1, 0.15) is 49.1 Å². The Hall–Kier alpha value is -3.51. The Morgan fingerprint density at radius 2 is 1.56 bits per heavy atom. The topological polar surface area (TPSA) is 45.1 Å². The summed E-state index contributed by atoms with van der Waals surface area (Å²) < 4.78 is 21.5. The number of hydrogen-bond acceptors (Lipinski definition) is 4. The number of ether oxygens (including phenoxy) is 1. The molecule has 5 rings (SSSR count). The molecule has 0 aromatic heterocycles. The molecule has 3 aromatic rings. The Morgan fingerprint density at radius 1 is 0.917 bits per heavy atom. The SMILES string of the molecule is CC(C)(C)OC(=O)N1CCN2CCc3c(ccc(N=C(c4ccccc4)c4ccccc4)c3F)[C@H]2C1. The minimum Gasteiger partial charge on any atom is -0.444 e. The molecule has 2 aliphatic heterocycles. The highest BCUT2D eigenvalue weighted by atomic mass is 19.1. The van der Waals surface area contributed by atoms with Crippen LogP contribution in [0.2, 0.25) is 0 Å². The molecule has 0 aliphatic carbocycles. The van der Waals surface area contributed by atoms with Crippen LogP contribution in [0.5, 0.6) is 0 Å². The molecule has 0 bridgehead atoms. The van der Waals surface area contributed by atoms with E-state index in [1.54, 1.807) is 11.0 Å². The zero-order valence-electron chi connectivity index (χ0n) is 21.1. The number of rotatable bonds is 3. The van der Waals surface area contributed by atoms with Crippen LogP contribution >= 0.6 is 0 Å². The number of benzene rings is 3. The van der Waals surface area contributed by atoms with E-state index >= 15 is 4.39 Å². The van der Waals surface area contributed by atoms with Crippen molar-refractivity contribution < 1.29 is 13.9 Å². The fourth-order valence-electron chi connectivity index (χ4n) is 5.02. The summed E-state index contributed by atoms with van der Waals surface area (Å²) in [6, 6.07) is 23.5. The smallest absolute Gasteiger partial charge is 0.410 e. The fraction of sp³-hybridized carbons (Fsp3) is 0.333. The minimum absolute atomic E-state index is 0.0507. The highest BCUT2D eigenvalue weighted by Crippen LogP contribution is 2.37. The van der Waals surface area contributed by atoms with E-state index in [9.17, 15) is 4.79 Å². The largest absolute Gasteiger partial charge is 0.444 e. The second kappa shape index (κ2) is 9.86. The van der Waals surface area contributed by atoms with Crippen LogP contribution in [0.3, 0.4) is 0 Å². The molecule has 2 aliphatic rings. The number of aliphatic imine (C=N–C) groups is 1. The van der Waals surface area contributed by atoms with Crippen LogP contribution in [-0.2, 0) is 11.2 Å². The van der Waals surface area contributed by atoms with Gasteiger partial charge in [-0.05, 0) is 44.4 Å². The van der Waals surface area contributed by atoms with E-state index in [0.717, 1.165) is 35.5 Å². The molecule has 0 N–H and O–H groups in total. The van der Waals surface area contributed by atoms with E-state index in [2.05, 4.69) is 4.90 Å². The summed E-state index contributed by atoms with van der Waals surface area (Å²) >= 11 is 0. The van der Waals surface area contributed by atoms with Gasteiger partial charge in [0.1, 0.15) is 5.60 Å². The van der Waals surface area contributed by atoms with Crippen molar-refractivity contribution in [2.75, 3.05) is 26.2 Å². The average Bonchev–Trinajstić information content (AvgIpc) is 2.88. The van der Waals surface area contributed by atoms with Crippen LogP contribution in [0.15, 0.2) is 77.8 Å². The number of carbonyl (C=O) groups excluding carboxylic acids is 1. The number of halogens is 1. The van der Waals surface area contributed by atoms with Gasteiger partial charge >= 0.3 is 6.09 Å². The zero-order valence-corrected chi connectivity index (χ0v) is 21.1. The highest BCUT2D eigenvalue weighted by Gasteiger charge is 2.37. The monoisotopic (exact) mass is 485 g/mol. The number of amides is 1. The van der Waals surface area contributed by atoms with Crippen molar-refractivity contribution in [1.29, 1.82) is 0 Å². The summed E-state index contributed by atoms with van der Waals surface area (Å²) in [5.41, 5.74) is 4.04. The van der Waals surface area contributed by atoms with Gasteiger partial charge in [-0.25, -0.2) is 14.2 Å². The van der Waals surface area contributed by atoms with E-state index in [-0.39, 0.29) is 18.0 Å². The van der Waals surface area contributed by atoms with Gasteiger partial charge in [0.25, 0.3) is 0 Å². The van der Waals surface area contributed by atoms with E-state index in [1.807, 2.05) is 87.5 Å². The highest BCUT2D eigenvalue weighted by molar-refractivity contribution is 6.13. The molecular formula is C30H32FN3O2. The molecule has 1 atom stereocenters. The molecule has 0 radical (unpaired) electrons. The van der Waals surface area contributed by atoms with Gasteiger partial charge in [0.05, 0.1) is 17.4 Å². The van der Waals surface area contributed by atoms with Crippen molar-refractivity contribution in [3.05, 3.63) is 101 Å². The zero-order chi connectivity index (χ0) is 25.3. The number of fused-ring (bicyclic) bond motifs is 3. The normalized spacial score (nSPS) is 17.7. The van der Waals surface area contributed by atoms with E-state index in [4.69, 9.17) is 9.73 Å². The predicted octanol–water partition coefficient (Wildman–Crippen LogP) is 6.14. The van der Waals surface area contributed by atoms with Crippen LogP contribution in [0, 0.1) is 5.82 Å². The number of piperazine rings is 1. The van der Waals surface area contributed by atoms with Gasteiger partial charge in [-0.15, -0.1) is 0 Å². The Kier molecular flexibility index (Phi) is 6.63. The van der Waals surface area contributed by atoms with Crippen molar-refractivity contribution in [1.82, 2.24) is 9.80 Å². The molecule has 36 heavy (non-hydrogen) atoms. The van der Waals surface area contributed by atoms with Gasteiger partial charge in [-0.1, -0.05) is 66.7 Å². The molecule has 0 unspecified atom stereocenters. The van der Waals surface area contributed by atoms with Crippen LogP contribution in [0.4, 0.5) is 14.9 Å². The number of carbonyl (C=O) groups is 1. The molecule has 186 valence electrons. The second-order valence-electron chi connectivity index (χ2n) is 10.4. The first kappa shape index (κ1) is 24.2. The number of nitrogens with zero attached hydrogens (tertiary/aromatic N) is 3. The lowest BCUT2D eigenvalue weighted by Gasteiger charge is -2.45. The van der Waals surface area contributed by atoms with E-state index in [0.29, 0.717) is 30.8 Å². The third-order valence-corrected chi connectivity index (χ3v) is 6.74. The molecule has 5 nitrogen and oxygen atoms in total. The van der Waals surface area contributed by atoms with Crippen LogP contribution < -0.4 is 0 Å². The Bertz CT molecular complexity index is 1230. The molecule has 1 fully saturated rings. The van der Waals surface area contributed by atoms with Crippen LogP contribution in [0.25, 0.3) is 0 Å². The van der Waals surface area contributed by atoms with Gasteiger partial charge < -0.3 is 9.64 Å². The van der Waals surface area contributed by atoms with E-state index < -0.39 is 5.60 Å². The van der Waals surface area contributed by atoms with Crippen molar-refractivity contribution in [2.45, 2.75) is 38.8 Å². The van der Waals surface area contributed by atoms with Crippen molar-refractivity contribution in [3.8, 4) is 0 Å². The van der Waals surface area contributed by atoms with Gasteiger partial charge in [-0.2, -0.15) is 0 Å². The summed E-state index contributed by atoms with van der Waals surface area (Å²) in [6.45, 7) is 8.21. The number of hydrogen-bond donors (Lipinski definition) is 0. The van der Waals surface area contributed by atoms with Crippen LogP contribution in [-0.4, -0.2) is 53.4 Å². The maximum absolute atomic E-state index is 16.0.